The molecule has 1 aromatic heterocycles. The maximum absolute atomic E-state index is 5.79. The first-order valence-electron chi connectivity index (χ1n) is 6.58. The Bertz CT molecular complexity index is 558. The second-order valence-corrected chi connectivity index (χ2v) is 4.60. The first kappa shape index (κ1) is 14.3. The van der Waals surface area contributed by atoms with E-state index >= 15 is 0 Å². The van der Waals surface area contributed by atoms with Crippen LogP contribution in [0, 0.1) is 0 Å². The Hall–Kier alpha value is -2.14. The molecule has 0 unspecified atom stereocenters. The number of benzene rings is 1. The average molecular weight is 273 g/mol. The first-order chi connectivity index (χ1) is 9.69. The number of nitrogens with one attached hydrogen (secondary N) is 1. The lowest BCUT2D eigenvalue weighted by atomic mass is 10.2. The summed E-state index contributed by atoms with van der Waals surface area (Å²) in [5.41, 5.74) is 1.06. The number of hydrogen-bond donors (Lipinski definition) is 1. The van der Waals surface area contributed by atoms with Gasteiger partial charge in [0.1, 0.15) is 5.75 Å². The molecule has 0 aliphatic heterocycles. The second kappa shape index (κ2) is 6.86. The Morgan fingerprint density at radius 2 is 1.90 bits per heavy atom. The second-order valence-electron chi connectivity index (χ2n) is 4.60. The SMILES string of the molecule is CNCc1ccccc1Oc1cncc(OC(C)C)n1. The van der Waals surface area contributed by atoms with E-state index in [-0.39, 0.29) is 6.10 Å². The van der Waals surface area contributed by atoms with Crippen LogP contribution in [0.1, 0.15) is 19.4 Å². The van der Waals surface area contributed by atoms with Crippen molar-refractivity contribution in [2.24, 2.45) is 0 Å². The predicted octanol–water partition coefficient (Wildman–Crippen LogP) is 2.78. The molecule has 106 valence electrons. The van der Waals surface area contributed by atoms with E-state index in [4.69, 9.17) is 9.47 Å². The van der Waals surface area contributed by atoms with Crippen molar-refractivity contribution in [2.75, 3.05) is 7.05 Å². The van der Waals surface area contributed by atoms with Crippen molar-refractivity contribution < 1.29 is 9.47 Å². The van der Waals surface area contributed by atoms with E-state index in [1.165, 1.54) is 0 Å². The molecule has 1 N–H and O–H groups in total. The van der Waals surface area contributed by atoms with E-state index in [1.807, 2.05) is 45.2 Å². The number of ether oxygens (including phenoxy) is 2. The molecule has 1 aromatic carbocycles. The normalized spacial score (nSPS) is 10.6. The van der Waals surface area contributed by atoms with Crippen LogP contribution in [-0.2, 0) is 6.54 Å². The monoisotopic (exact) mass is 273 g/mol. The summed E-state index contributed by atoms with van der Waals surface area (Å²) >= 11 is 0. The Kier molecular flexibility index (Phi) is 4.90. The van der Waals surface area contributed by atoms with Crippen LogP contribution in [0.25, 0.3) is 0 Å². The van der Waals surface area contributed by atoms with E-state index in [0.717, 1.165) is 17.9 Å². The van der Waals surface area contributed by atoms with Crippen LogP contribution in [0.4, 0.5) is 0 Å². The van der Waals surface area contributed by atoms with Gasteiger partial charge in [-0.25, -0.2) is 0 Å². The van der Waals surface area contributed by atoms with E-state index in [1.54, 1.807) is 12.4 Å². The molecule has 0 atom stereocenters. The van der Waals surface area contributed by atoms with Crippen LogP contribution in [0.15, 0.2) is 36.7 Å². The van der Waals surface area contributed by atoms with Crippen molar-refractivity contribution in [2.45, 2.75) is 26.5 Å². The summed E-state index contributed by atoms with van der Waals surface area (Å²) in [5, 5.41) is 3.11. The standard InChI is InChI=1S/C15H19N3O2/c1-11(2)19-14-9-17-10-15(18-14)20-13-7-5-4-6-12(13)8-16-3/h4-7,9-11,16H,8H2,1-3H3. The smallest absolute Gasteiger partial charge is 0.241 e. The van der Waals surface area contributed by atoms with Gasteiger partial charge in [0.15, 0.2) is 0 Å². The Balaban J connectivity index is 2.17. The van der Waals surface area contributed by atoms with Gasteiger partial charge in [-0.05, 0) is 27.0 Å². The Morgan fingerprint density at radius 1 is 1.15 bits per heavy atom. The topological polar surface area (TPSA) is 56.3 Å². The number of nitrogens with zero attached hydrogens (tertiary/aromatic N) is 2. The van der Waals surface area contributed by atoms with Gasteiger partial charge in [0.25, 0.3) is 0 Å². The van der Waals surface area contributed by atoms with E-state index < -0.39 is 0 Å². The third-order valence-electron chi connectivity index (χ3n) is 2.50. The van der Waals surface area contributed by atoms with Gasteiger partial charge < -0.3 is 14.8 Å². The van der Waals surface area contributed by atoms with Crippen molar-refractivity contribution >= 4 is 0 Å². The van der Waals surface area contributed by atoms with Crippen LogP contribution < -0.4 is 14.8 Å². The fraction of sp³-hybridized carbons (Fsp3) is 0.333. The predicted molar refractivity (Wildman–Crippen MR) is 77.1 cm³/mol. The quantitative estimate of drug-likeness (QED) is 0.877. The van der Waals surface area contributed by atoms with Crippen molar-refractivity contribution in [3.05, 3.63) is 42.2 Å². The maximum Gasteiger partial charge on any atom is 0.241 e. The lowest BCUT2D eigenvalue weighted by molar-refractivity contribution is 0.229. The Morgan fingerprint density at radius 3 is 2.65 bits per heavy atom. The lowest BCUT2D eigenvalue weighted by Gasteiger charge is -2.12. The molecule has 0 amide bonds. The minimum atomic E-state index is 0.0520. The molecule has 2 rings (SSSR count). The molecule has 0 fully saturated rings. The number of hydrogen-bond acceptors (Lipinski definition) is 5. The number of rotatable bonds is 6. The third-order valence-corrected chi connectivity index (χ3v) is 2.50. The van der Waals surface area contributed by atoms with Gasteiger partial charge in [0.2, 0.25) is 11.8 Å². The summed E-state index contributed by atoms with van der Waals surface area (Å²) in [6.45, 7) is 4.61. The molecule has 0 spiro atoms. The fourth-order valence-corrected chi connectivity index (χ4v) is 1.73. The van der Waals surface area contributed by atoms with Gasteiger partial charge in [-0.3, -0.25) is 4.98 Å². The molecule has 5 nitrogen and oxygen atoms in total. The van der Waals surface area contributed by atoms with E-state index in [0.29, 0.717) is 11.8 Å². The zero-order valence-electron chi connectivity index (χ0n) is 12.0. The van der Waals surface area contributed by atoms with Crippen LogP contribution in [0.5, 0.6) is 17.5 Å². The zero-order chi connectivity index (χ0) is 14.4. The summed E-state index contributed by atoms with van der Waals surface area (Å²) in [4.78, 5) is 8.36. The molecule has 2 aromatic rings. The molecule has 0 radical (unpaired) electrons. The van der Waals surface area contributed by atoms with Gasteiger partial charge in [-0.15, -0.1) is 0 Å². The average Bonchev–Trinajstić information content (AvgIpc) is 2.41. The molecular weight excluding hydrogens is 254 g/mol. The van der Waals surface area contributed by atoms with Crippen molar-refractivity contribution in [1.82, 2.24) is 15.3 Å². The minimum absolute atomic E-state index is 0.0520. The molecule has 0 aliphatic carbocycles. The largest absolute Gasteiger partial charge is 0.474 e. The zero-order valence-corrected chi connectivity index (χ0v) is 12.0. The van der Waals surface area contributed by atoms with Gasteiger partial charge in [-0.1, -0.05) is 18.2 Å². The Labute approximate surface area is 119 Å². The molecule has 0 saturated heterocycles. The third kappa shape index (κ3) is 3.93. The van der Waals surface area contributed by atoms with E-state index in [9.17, 15) is 0 Å². The minimum Gasteiger partial charge on any atom is -0.474 e. The molecule has 20 heavy (non-hydrogen) atoms. The van der Waals surface area contributed by atoms with Gasteiger partial charge >= 0.3 is 0 Å². The van der Waals surface area contributed by atoms with Crippen LogP contribution >= 0.6 is 0 Å². The molecule has 0 bridgehead atoms. The maximum atomic E-state index is 5.79. The summed E-state index contributed by atoms with van der Waals surface area (Å²) < 4.78 is 11.3. The van der Waals surface area contributed by atoms with E-state index in [2.05, 4.69) is 15.3 Å². The highest BCUT2D eigenvalue weighted by molar-refractivity contribution is 5.35. The van der Waals surface area contributed by atoms with Crippen molar-refractivity contribution in [3.63, 3.8) is 0 Å². The van der Waals surface area contributed by atoms with Crippen LogP contribution in [0.3, 0.4) is 0 Å². The highest BCUT2D eigenvalue weighted by atomic mass is 16.5. The van der Waals surface area contributed by atoms with Gasteiger partial charge in [0.05, 0.1) is 18.5 Å². The highest BCUT2D eigenvalue weighted by Crippen LogP contribution is 2.24. The summed E-state index contributed by atoms with van der Waals surface area (Å²) in [6.07, 6.45) is 3.20. The molecule has 1 heterocycles. The molecular formula is C15H19N3O2. The van der Waals surface area contributed by atoms with Gasteiger partial charge in [0, 0.05) is 12.1 Å². The van der Waals surface area contributed by atoms with Crippen molar-refractivity contribution in [1.29, 1.82) is 0 Å². The molecule has 5 heteroatoms. The van der Waals surface area contributed by atoms with Gasteiger partial charge in [-0.2, -0.15) is 4.98 Å². The van der Waals surface area contributed by atoms with Crippen molar-refractivity contribution in [3.8, 4) is 17.5 Å². The fourth-order valence-electron chi connectivity index (χ4n) is 1.73. The summed E-state index contributed by atoms with van der Waals surface area (Å²) in [7, 11) is 1.90. The molecule has 0 saturated carbocycles. The van der Waals surface area contributed by atoms with Crippen LogP contribution in [0.2, 0.25) is 0 Å². The first-order valence-corrected chi connectivity index (χ1v) is 6.58. The summed E-state index contributed by atoms with van der Waals surface area (Å²) in [5.74, 6) is 1.65. The highest BCUT2D eigenvalue weighted by Gasteiger charge is 2.07. The lowest BCUT2D eigenvalue weighted by Crippen LogP contribution is -2.08. The van der Waals surface area contributed by atoms with Crippen LogP contribution in [-0.4, -0.2) is 23.1 Å². The molecule has 0 aliphatic rings. The summed E-state index contributed by atoms with van der Waals surface area (Å²) in [6, 6.07) is 7.82. The number of para-hydroxylation sites is 1. The number of aromatic nitrogens is 2.